The summed E-state index contributed by atoms with van der Waals surface area (Å²) in [7, 11) is 0. The van der Waals surface area contributed by atoms with Crippen molar-refractivity contribution in [2.45, 2.75) is 58.0 Å². The molecule has 2 atom stereocenters. The lowest BCUT2D eigenvalue weighted by Crippen LogP contribution is -2.38. The van der Waals surface area contributed by atoms with Crippen LogP contribution in [0.2, 0.25) is 0 Å². The standard InChI is InChI=1S/C20H29F3N2O3/c1-15-4-2-3-5-18(15)28-11-10-24-19(26)25-12-16-6-8-17(9-7-16)13-27-14-20(21,22)23/h6-9,15,18H,2-5,10-14H2,1H3,(H2,24,25,26). The van der Waals surface area contributed by atoms with Crippen LogP contribution in [0.5, 0.6) is 0 Å². The molecule has 0 saturated heterocycles. The van der Waals surface area contributed by atoms with E-state index in [4.69, 9.17) is 4.74 Å². The molecule has 1 aliphatic rings. The first-order valence-corrected chi connectivity index (χ1v) is 9.69. The molecule has 1 aromatic rings. The first-order valence-electron chi connectivity index (χ1n) is 9.69. The number of hydrogen-bond acceptors (Lipinski definition) is 3. The van der Waals surface area contributed by atoms with Crippen LogP contribution in [0, 0.1) is 5.92 Å². The number of hydrogen-bond donors (Lipinski definition) is 2. The molecule has 158 valence electrons. The van der Waals surface area contributed by atoms with Crippen LogP contribution in [0.15, 0.2) is 24.3 Å². The van der Waals surface area contributed by atoms with Gasteiger partial charge in [0.25, 0.3) is 0 Å². The molecule has 2 amide bonds. The average molecular weight is 402 g/mol. The van der Waals surface area contributed by atoms with Crippen molar-refractivity contribution in [2.75, 3.05) is 19.8 Å². The van der Waals surface area contributed by atoms with Crippen molar-refractivity contribution in [2.24, 2.45) is 5.92 Å². The van der Waals surface area contributed by atoms with Crippen molar-refractivity contribution in [3.8, 4) is 0 Å². The number of carbonyl (C=O) groups is 1. The summed E-state index contributed by atoms with van der Waals surface area (Å²) < 4.78 is 46.6. The van der Waals surface area contributed by atoms with Crippen LogP contribution in [0.3, 0.4) is 0 Å². The van der Waals surface area contributed by atoms with Crippen LogP contribution in [0.25, 0.3) is 0 Å². The van der Waals surface area contributed by atoms with Gasteiger partial charge in [0, 0.05) is 13.1 Å². The van der Waals surface area contributed by atoms with E-state index in [-0.39, 0.29) is 18.7 Å². The van der Waals surface area contributed by atoms with E-state index < -0.39 is 12.8 Å². The molecule has 2 rings (SSSR count). The van der Waals surface area contributed by atoms with Gasteiger partial charge in [0.1, 0.15) is 6.61 Å². The van der Waals surface area contributed by atoms with Gasteiger partial charge < -0.3 is 20.1 Å². The smallest absolute Gasteiger partial charge is 0.376 e. The molecule has 28 heavy (non-hydrogen) atoms. The Labute approximate surface area is 164 Å². The zero-order valence-electron chi connectivity index (χ0n) is 16.2. The van der Waals surface area contributed by atoms with Gasteiger partial charge in [0.05, 0.1) is 19.3 Å². The molecule has 0 heterocycles. The highest BCUT2D eigenvalue weighted by atomic mass is 19.4. The molecule has 2 N–H and O–H groups in total. The predicted octanol–water partition coefficient (Wildman–Crippen LogP) is 4.16. The fourth-order valence-electron chi connectivity index (χ4n) is 3.19. The Hall–Kier alpha value is -1.80. The molecule has 1 aromatic carbocycles. The number of ether oxygens (including phenoxy) is 2. The molecule has 8 heteroatoms. The minimum absolute atomic E-state index is 0.104. The summed E-state index contributed by atoms with van der Waals surface area (Å²) in [5.74, 6) is 0.574. The molecule has 2 unspecified atom stereocenters. The topological polar surface area (TPSA) is 59.6 Å². The van der Waals surface area contributed by atoms with E-state index in [1.54, 1.807) is 24.3 Å². The van der Waals surface area contributed by atoms with Crippen LogP contribution in [0.4, 0.5) is 18.0 Å². The fourth-order valence-corrected chi connectivity index (χ4v) is 3.19. The van der Waals surface area contributed by atoms with E-state index in [1.165, 1.54) is 19.3 Å². The zero-order chi connectivity index (χ0) is 20.4. The molecule has 1 fully saturated rings. The second kappa shape index (κ2) is 11.3. The molecule has 0 bridgehead atoms. The predicted molar refractivity (Wildman–Crippen MR) is 99.8 cm³/mol. The number of amides is 2. The summed E-state index contributed by atoms with van der Waals surface area (Å²) in [4.78, 5) is 11.8. The van der Waals surface area contributed by atoms with Gasteiger partial charge in [-0.25, -0.2) is 4.79 Å². The molecule has 0 spiro atoms. The molecule has 0 radical (unpaired) electrons. The van der Waals surface area contributed by atoms with Crippen molar-refractivity contribution in [1.29, 1.82) is 0 Å². The Morgan fingerprint density at radius 3 is 2.46 bits per heavy atom. The second-order valence-corrected chi connectivity index (χ2v) is 7.20. The zero-order valence-corrected chi connectivity index (χ0v) is 16.2. The Morgan fingerprint density at radius 2 is 1.79 bits per heavy atom. The number of nitrogens with one attached hydrogen (secondary N) is 2. The monoisotopic (exact) mass is 402 g/mol. The van der Waals surface area contributed by atoms with Gasteiger partial charge >= 0.3 is 12.2 Å². The largest absolute Gasteiger partial charge is 0.411 e. The van der Waals surface area contributed by atoms with Crippen molar-refractivity contribution in [3.63, 3.8) is 0 Å². The summed E-state index contributed by atoms with van der Waals surface area (Å²) in [6, 6.07) is 6.59. The lowest BCUT2D eigenvalue weighted by atomic mass is 9.88. The molecule has 1 aliphatic carbocycles. The molecule has 1 saturated carbocycles. The van der Waals surface area contributed by atoms with Crippen molar-refractivity contribution in [3.05, 3.63) is 35.4 Å². The highest BCUT2D eigenvalue weighted by molar-refractivity contribution is 5.73. The first-order chi connectivity index (χ1) is 13.3. The van der Waals surface area contributed by atoms with Gasteiger partial charge in [0.2, 0.25) is 0 Å². The first kappa shape index (κ1) is 22.5. The van der Waals surface area contributed by atoms with E-state index in [1.807, 2.05) is 0 Å². The minimum atomic E-state index is -4.32. The number of alkyl halides is 3. The normalized spacial score (nSPS) is 20.0. The summed E-state index contributed by atoms with van der Waals surface area (Å²) >= 11 is 0. The number of benzene rings is 1. The highest BCUT2D eigenvalue weighted by Crippen LogP contribution is 2.25. The second-order valence-electron chi connectivity index (χ2n) is 7.20. The van der Waals surface area contributed by atoms with Gasteiger partial charge in [-0.2, -0.15) is 13.2 Å². The molecular weight excluding hydrogens is 373 g/mol. The SMILES string of the molecule is CC1CCCCC1OCCNC(=O)NCc1ccc(COCC(F)(F)F)cc1. The maximum atomic E-state index is 12.0. The van der Waals surface area contributed by atoms with Gasteiger partial charge in [0.15, 0.2) is 0 Å². The Balaban J connectivity index is 1.58. The number of carbonyl (C=O) groups excluding carboxylic acids is 1. The van der Waals surface area contributed by atoms with Crippen molar-refractivity contribution < 1.29 is 27.4 Å². The molecule has 0 aromatic heterocycles. The maximum absolute atomic E-state index is 12.0. The van der Waals surface area contributed by atoms with Gasteiger partial charge in [-0.15, -0.1) is 0 Å². The average Bonchev–Trinajstić information content (AvgIpc) is 2.65. The summed E-state index contributed by atoms with van der Waals surface area (Å²) in [5.41, 5.74) is 1.49. The van der Waals surface area contributed by atoms with Crippen LogP contribution in [-0.2, 0) is 22.6 Å². The number of halogens is 3. The Bertz CT molecular complexity index is 593. The summed E-state index contributed by atoms with van der Waals surface area (Å²) in [6.45, 7) is 2.11. The van der Waals surface area contributed by atoms with E-state index in [9.17, 15) is 18.0 Å². The Kier molecular flexibility index (Phi) is 9.05. The van der Waals surface area contributed by atoms with Crippen molar-refractivity contribution >= 4 is 6.03 Å². The highest BCUT2D eigenvalue weighted by Gasteiger charge is 2.27. The minimum Gasteiger partial charge on any atom is -0.376 e. The van der Waals surface area contributed by atoms with Crippen LogP contribution >= 0.6 is 0 Å². The van der Waals surface area contributed by atoms with Crippen LogP contribution in [0.1, 0.15) is 43.7 Å². The molecule has 5 nitrogen and oxygen atoms in total. The number of urea groups is 1. The van der Waals surface area contributed by atoms with Crippen LogP contribution in [-0.4, -0.2) is 38.1 Å². The van der Waals surface area contributed by atoms with Crippen molar-refractivity contribution in [1.82, 2.24) is 10.6 Å². The fraction of sp³-hybridized carbons (Fsp3) is 0.650. The van der Waals surface area contributed by atoms with E-state index in [2.05, 4.69) is 22.3 Å². The van der Waals surface area contributed by atoms with E-state index in [0.717, 1.165) is 12.0 Å². The van der Waals surface area contributed by atoms with E-state index >= 15 is 0 Å². The molecular formula is C20H29F3N2O3. The third kappa shape index (κ3) is 8.93. The third-order valence-corrected chi connectivity index (χ3v) is 4.76. The summed E-state index contributed by atoms with van der Waals surface area (Å²) in [6.07, 6.45) is 0.726. The third-order valence-electron chi connectivity index (χ3n) is 4.76. The lowest BCUT2D eigenvalue weighted by molar-refractivity contribution is -0.176. The maximum Gasteiger partial charge on any atom is 0.411 e. The van der Waals surface area contributed by atoms with E-state index in [0.29, 0.717) is 31.2 Å². The Morgan fingerprint density at radius 1 is 1.11 bits per heavy atom. The quantitative estimate of drug-likeness (QED) is 0.610. The molecule has 0 aliphatic heterocycles. The van der Waals surface area contributed by atoms with Crippen LogP contribution < -0.4 is 10.6 Å². The van der Waals surface area contributed by atoms with Gasteiger partial charge in [-0.1, -0.05) is 44.0 Å². The number of rotatable bonds is 9. The summed E-state index contributed by atoms with van der Waals surface area (Å²) in [5, 5.41) is 5.50. The lowest BCUT2D eigenvalue weighted by Gasteiger charge is -2.28. The van der Waals surface area contributed by atoms with Gasteiger partial charge in [-0.05, 0) is 29.9 Å². The van der Waals surface area contributed by atoms with Gasteiger partial charge in [-0.3, -0.25) is 0 Å².